The first kappa shape index (κ1) is 14.4. The molecule has 0 spiro atoms. The van der Waals surface area contributed by atoms with Crippen molar-refractivity contribution in [3.05, 3.63) is 29.8 Å². The molecule has 1 fully saturated rings. The van der Waals surface area contributed by atoms with Crippen LogP contribution >= 0.6 is 0 Å². The summed E-state index contributed by atoms with van der Waals surface area (Å²) in [6.45, 7) is 9.82. The van der Waals surface area contributed by atoms with Gasteiger partial charge in [-0.3, -0.25) is 0 Å². The van der Waals surface area contributed by atoms with Crippen LogP contribution in [0.5, 0.6) is 5.75 Å². The number of hydrogen-bond donors (Lipinski definition) is 1. The van der Waals surface area contributed by atoms with E-state index in [1.165, 1.54) is 24.8 Å². The maximum atomic E-state index is 5.71. The molecule has 2 nitrogen and oxygen atoms in total. The van der Waals surface area contributed by atoms with Crippen molar-refractivity contribution in [1.29, 1.82) is 0 Å². The topological polar surface area (TPSA) is 21.3 Å². The molecule has 1 aromatic rings. The van der Waals surface area contributed by atoms with E-state index < -0.39 is 0 Å². The van der Waals surface area contributed by atoms with E-state index in [-0.39, 0.29) is 6.10 Å². The van der Waals surface area contributed by atoms with Gasteiger partial charge in [-0.05, 0) is 62.8 Å². The summed E-state index contributed by atoms with van der Waals surface area (Å²) in [6, 6.07) is 9.12. The molecule has 0 saturated heterocycles. The summed E-state index contributed by atoms with van der Waals surface area (Å²) in [7, 11) is 0. The zero-order valence-electron chi connectivity index (χ0n) is 12.7. The fourth-order valence-corrected chi connectivity index (χ4v) is 2.55. The fraction of sp³-hybridized carbons (Fsp3) is 0.647. The van der Waals surface area contributed by atoms with Crippen LogP contribution in [-0.4, -0.2) is 12.6 Å². The average Bonchev–Trinajstić information content (AvgIpc) is 3.10. The van der Waals surface area contributed by atoms with Crippen LogP contribution in [0.25, 0.3) is 0 Å². The van der Waals surface area contributed by atoms with Crippen LogP contribution in [0.15, 0.2) is 24.3 Å². The smallest absolute Gasteiger partial charge is 0.119 e. The van der Waals surface area contributed by atoms with Gasteiger partial charge in [0, 0.05) is 6.04 Å². The maximum Gasteiger partial charge on any atom is 0.119 e. The minimum absolute atomic E-state index is 0.237. The highest BCUT2D eigenvalue weighted by Gasteiger charge is 2.45. The molecule has 1 atom stereocenters. The highest BCUT2D eigenvalue weighted by Crippen LogP contribution is 2.54. The van der Waals surface area contributed by atoms with Gasteiger partial charge >= 0.3 is 0 Å². The van der Waals surface area contributed by atoms with Gasteiger partial charge in [0.15, 0.2) is 0 Å². The van der Waals surface area contributed by atoms with Gasteiger partial charge in [-0.25, -0.2) is 0 Å². The number of rotatable bonds is 7. The van der Waals surface area contributed by atoms with Crippen LogP contribution in [0.3, 0.4) is 0 Å². The molecule has 0 heterocycles. The molecule has 0 bridgehead atoms. The van der Waals surface area contributed by atoms with E-state index in [1.54, 1.807) is 0 Å². The molecule has 106 valence electrons. The van der Waals surface area contributed by atoms with E-state index >= 15 is 0 Å². The lowest BCUT2D eigenvalue weighted by atomic mass is 9.91. The molecule has 19 heavy (non-hydrogen) atoms. The van der Waals surface area contributed by atoms with Crippen molar-refractivity contribution < 1.29 is 4.74 Å². The predicted molar refractivity (Wildman–Crippen MR) is 80.6 cm³/mol. The van der Waals surface area contributed by atoms with Crippen LogP contribution < -0.4 is 10.1 Å². The van der Waals surface area contributed by atoms with Gasteiger partial charge in [-0.15, -0.1) is 0 Å². The summed E-state index contributed by atoms with van der Waals surface area (Å²) in [5.74, 6) is 0.967. The highest BCUT2D eigenvalue weighted by molar-refractivity contribution is 5.31. The second kappa shape index (κ2) is 5.96. The predicted octanol–water partition coefficient (Wildman–Crippen LogP) is 4.31. The first-order chi connectivity index (χ1) is 9.05. The lowest BCUT2D eigenvalue weighted by Crippen LogP contribution is -2.28. The standard InChI is InChI=1S/C17H27NO/c1-5-12-18-16(17(4)10-11-17)14-6-8-15(9-7-14)19-13(2)3/h6-9,13,16,18H,5,10-12H2,1-4H3. The van der Waals surface area contributed by atoms with Crippen molar-refractivity contribution in [3.8, 4) is 5.75 Å². The van der Waals surface area contributed by atoms with Crippen LogP contribution in [-0.2, 0) is 0 Å². The quantitative estimate of drug-likeness (QED) is 0.789. The lowest BCUT2D eigenvalue weighted by Gasteiger charge is -2.25. The molecule has 1 aliphatic carbocycles. The third-order valence-electron chi connectivity index (χ3n) is 3.92. The van der Waals surface area contributed by atoms with Gasteiger partial charge in [0.05, 0.1) is 6.10 Å². The molecule has 2 heteroatoms. The molecule has 1 N–H and O–H groups in total. The second-order valence-electron chi connectivity index (χ2n) is 6.28. The van der Waals surface area contributed by atoms with Gasteiger partial charge in [0.2, 0.25) is 0 Å². The number of hydrogen-bond acceptors (Lipinski definition) is 2. The normalized spacial score (nSPS) is 18.4. The SMILES string of the molecule is CCCNC(c1ccc(OC(C)C)cc1)C1(C)CC1. The van der Waals surface area contributed by atoms with Gasteiger partial charge in [-0.1, -0.05) is 26.0 Å². The Balaban J connectivity index is 2.08. The van der Waals surface area contributed by atoms with E-state index in [9.17, 15) is 0 Å². The Kier molecular flexibility index (Phi) is 4.51. The van der Waals surface area contributed by atoms with E-state index in [0.29, 0.717) is 11.5 Å². The molecular formula is C17H27NO. The van der Waals surface area contributed by atoms with Crippen LogP contribution in [0.2, 0.25) is 0 Å². The highest BCUT2D eigenvalue weighted by atomic mass is 16.5. The van der Waals surface area contributed by atoms with E-state index in [0.717, 1.165) is 12.3 Å². The monoisotopic (exact) mass is 261 g/mol. The minimum Gasteiger partial charge on any atom is -0.491 e. The number of benzene rings is 1. The molecule has 1 aliphatic rings. The Morgan fingerprint density at radius 3 is 2.32 bits per heavy atom. The summed E-state index contributed by atoms with van der Waals surface area (Å²) in [4.78, 5) is 0. The third-order valence-corrected chi connectivity index (χ3v) is 3.92. The first-order valence-electron chi connectivity index (χ1n) is 7.55. The van der Waals surface area contributed by atoms with Gasteiger partial charge in [-0.2, -0.15) is 0 Å². The molecule has 1 aromatic carbocycles. The summed E-state index contributed by atoms with van der Waals surface area (Å²) in [5.41, 5.74) is 1.85. The van der Waals surface area contributed by atoms with Gasteiger partial charge in [0.25, 0.3) is 0 Å². The molecule has 0 aliphatic heterocycles. The molecule has 0 radical (unpaired) electrons. The molecular weight excluding hydrogens is 234 g/mol. The van der Waals surface area contributed by atoms with Gasteiger partial charge in [0.1, 0.15) is 5.75 Å². The average molecular weight is 261 g/mol. The summed E-state index contributed by atoms with van der Waals surface area (Å²) < 4.78 is 5.71. The van der Waals surface area contributed by atoms with Crippen molar-refractivity contribution in [2.75, 3.05) is 6.54 Å². The van der Waals surface area contributed by atoms with Crippen molar-refractivity contribution in [1.82, 2.24) is 5.32 Å². The summed E-state index contributed by atoms with van der Waals surface area (Å²) in [6.07, 6.45) is 4.08. The molecule has 1 saturated carbocycles. The third kappa shape index (κ3) is 3.73. The van der Waals surface area contributed by atoms with E-state index in [1.807, 2.05) is 0 Å². The van der Waals surface area contributed by atoms with Crippen molar-refractivity contribution in [3.63, 3.8) is 0 Å². The fourth-order valence-electron chi connectivity index (χ4n) is 2.55. The van der Waals surface area contributed by atoms with Gasteiger partial charge < -0.3 is 10.1 Å². The Labute approximate surface area is 117 Å². The van der Waals surface area contributed by atoms with Crippen molar-refractivity contribution >= 4 is 0 Å². The maximum absolute atomic E-state index is 5.71. The largest absolute Gasteiger partial charge is 0.491 e. The van der Waals surface area contributed by atoms with Crippen LogP contribution in [0.1, 0.15) is 58.6 Å². The van der Waals surface area contributed by atoms with Crippen LogP contribution in [0.4, 0.5) is 0 Å². The molecule has 2 rings (SSSR count). The Morgan fingerprint density at radius 2 is 1.84 bits per heavy atom. The second-order valence-corrected chi connectivity index (χ2v) is 6.28. The van der Waals surface area contributed by atoms with E-state index in [4.69, 9.17) is 4.74 Å². The Hall–Kier alpha value is -1.02. The van der Waals surface area contributed by atoms with Crippen LogP contribution in [0, 0.1) is 5.41 Å². The zero-order chi connectivity index (χ0) is 13.9. The molecule has 0 aromatic heterocycles. The lowest BCUT2D eigenvalue weighted by molar-refractivity contribution is 0.242. The number of ether oxygens (including phenoxy) is 1. The Bertz CT molecular complexity index is 392. The Morgan fingerprint density at radius 1 is 1.21 bits per heavy atom. The zero-order valence-corrected chi connectivity index (χ0v) is 12.7. The number of nitrogens with one attached hydrogen (secondary N) is 1. The summed E-state index contributed by atoms with van der Waals surface area (Å²) in [5, 5.41) is 3.71. The van der Waals surface area contributed by atoms with Crippen molar-refractivity contribution in [2.45, 2.75) is 59.1 Å². The molecule has 0 amide bonds. The first-order valence-corrected chi connectivity index (χ1v) is 7.55. The summed E-state index contributed by atoms with van der Waals surface area (Å²) >= 11 is 0. The van der Waals surface area contributed by atoms with E-state index in [2.05, 4.69) is 57.3 Å². The molecule has 1 unspecified atom stereocenters. The minimum atomic E-state index is 0.237. The van der Waals surface area contributed by atoms with Crippen molar-refractivity contribution in [2.24, 2.45) is 5.41 Å².